The predicted molar refractivity (Wildman–Crippen MR) is 131 cm³/mol. The van der Waals surface area contributed by atoms with Crippen molar-refractivity contribution >= 4 is 29.3 Å². The van der Waals surface area contributed by atoms with Crippen molar-refractivity contribution in [2.75, 3.05) is 11.4 Å². The Hall–Kier alpha value is -3.45. The fraction of sp³-hybridized carbons (Fsp3) is 0.231. The monoisotopic (exact) mass is 458 g/mol. The molecule has 6 nitrogen and oxygen atoms in total. The van der Waals surface area contributed by atoms with Gasteiger partial charge in [-0.05, 0) is 68.8 Å². The number of benzene rings is 2. The van der Waals surface area contributed by atoms with Crippen LogP contribution in [-0.2, 0) is 16.1 Å². The summed E-state index contributed by atoms with van der Waals surface area (Å²) in [6.07, 6.45) is 0. The first-order chi connectivity index (χ1) is 15.9. The topological polar surface area (TPSA) is 66.4 Å². The predicted octanol–water partition coefficient (Wildman–Crippen LogP) is 4.80. The van der Waals surface area contributed by atoms with E-state index >= 15 is 0 Å². The van der Waals surface area contributed by atoms with Crippen LogP contribution in [0.3, 0.4) is 0 Å². The van der Waals surface area contributed by atoms with E-state index < -0.39 is 0 Å². The SMILES string of the molecule is CCN(C1=C(Sc2nc(C)cc(C)n2)C(=O)N(Cc2ccccc2)C1=O)c1cccc(C)c1. The maximum Gasteiger partial charge on any atom is 0.279 e. The highest BCUT2D eigenvalue weighted by Crippen LogP contribution is 2.38. The Morgan fingerprint density at radius 2 is 1.58 bits per heavy atom. The van der Waals surface area contributed by atoms with Crippen molar-refractivity contribution in [2.24, 2.45) is 0 Å². The zero-order valence-corrected chi connectivity index (χ0v) is 20.0. The van der Waals surface area contributed by atoms with Crippen molar-refractivity contribution < 1.29 is 9.59 Å². The van der Waals surface area contributed by atoms with E-state index in [1.54, 1.807) is 0 Å². The van der Waals surface area contributed by atoms with E-state index in [0.29, 0.717) is 22.3 Å². The summed E-state index contributed by atoms with van der Waals surface area (Å²) in [5.41, 5.74) is 4.85. The zero-order chi connectivity index (χ0) is 23.5. The fourth-order valence-electron chi connectivity index (χ4n) is 3.88. The molecule has 0 spiro atoms. The number of carbonyl (C=O) groups is 2. The number of amides is 2. The largest absolute Gasteiger partial charge is 0.336 e. The molecule has 4 rings (SSSR count). The maximum absolute atomic E-state index is 13.7. The van der Waals surface area contributed by atoms with Gasteiger partial charge in [0.05, 0.1) is 6.54 Å². The van der Waals surface area contributed by atoms with E-state index in [1.165, 1.54) is 4.90 Å². The number of aryl methyl sites for hydroxylation is 3. The van der Waals surface area contributed by atoms with E-state index in [4.69, 9.17) is 0 Å². The average Bonchev–Trinajstić information content (AvgIpc) is 2.99. The summed E-state index contributed by atoms with van der Waals surface area (Å²) >= 11 is 1.16. The number of aromatic nitrogens is 2. The zero-order valence-electron chi connectivity index (χ0n) is 19.2. The van der Waals surface area contributed by atoms with Gasteiger partial charge < -0.3 is 4.90 Å². The molecule has 1 aliphatic heterocycles. The second-order valence-corrected chi connectivity index (χ2v) is 8.96. The Balaban J connectivity index is 1.79. The molecule has 168 valence electrons. The lowest BCUT2D eigenvalue weighted by atomic mass is 10.2. The highest BCUT2D eigenvalue weighted by Gasteiger charge is 2.42. The summed E-state index contributed by atoms with van der Waals surface area (Å²) in [6.45, 7) is 8.52. The lowest BCUT2D eigenvalue weighted by molar-refractivity contribution is -0.138. The molecule has 0 atom stereocenters. The highest BCUT2D eigenvalue weighted by atomic mass is 32.2. The Morgan fingerprint density at radius 1 is 0.879 bits per heavy atom. The number of carbonyl (C=O) groups excluding carboxylic acids is 2. The first-order valence-electron chi connectivity index (χ1n) is 10.9. The van der Waals surface area contributed by atoms with Crippen molar-refractivity contribution in [3.8, 4) is 0 Å². The Labute approximate surface area is 198 Å². The van der Waals surface area contributed by atoms with Crippen molar-refractivity contribution in [3.63, 3.8) is 0 Å². The number of hydrogen-bond donors (Lipinski definition) is 0. The molecule has 1 aromatic heterocycles. The van der Waals surface area contributed by atoms with Gasteiger partial charge in [0, 0.05) is 23.6 Å². The van der Waals surface area contributed by atoms with Crippen molar-refractivity contribution in [1.82, 2.24) is 14.9 Å². The standard InChI is InChI=1S/C26H26N4O2S/c1-5-29(21-13-9-10-17(2)14-21)22-23(33-26-27-18(3)15-19(4)28-26)25(32)30(24(22)31)16-20-11-7-6-8-12-20/h6-15H,5,16H2,1-4H3. The molecule has 0 unspecified atom stereocenters. The molecule has 0 fully saturated rings. The van der Waals surface area contributed by atoms with Gasteiger partial charge in [0.15, 0.2) is 5.16 Å². The normalized spacial score (nSPS) is 13.8. The molecule has 0 bridgehead atoms. The van der Waals surface area contributed by atoms with E-state index in [1.807, 2.05) is 93.3 Å². The van der Waals surface area contributed by atoms with Crippen LogP contribution in [0.25, 0.3) is 0 Å². The molecular formula is C26H26N4O2S. The molecule has 7 heteroatoms. The molecule has 1 aliphatic rings. The van der Waals surface area contributed by atoms with E-state index in [0.717, 1.165) is 40.0 Å². The Morgan fingerprint density at radius 3 is 2.21 bits per heavy atom. The van der Waals surface area contributed by atoms with Gasteiger partial charge >= 0.3 is 0 Å². The molecule has 0 saturated carbocycles. The van der Waals surface area contributed by atoms with E-state index in [2.05, 4.69) is 9.97 Å². The summed E-state index contributed by atoms with van der Waals surface area (Å²) in [5.74, 6) is -0.628. The second kappa shape index (κ2) is 9.58. The van der Waals surface area contributed by atoms with Crippen molar-refractivity contribution in [1.29, 1.82) is 0 Å². The second-order valence-electron chi connectivity index (χ2n) is 7.98. The van der Waals surface area contributed by atoms with Gasteiger partial charge in [-0.2, -0.15) is 0 Å². The number of hydrogen-bond acceptors (Lipinski definition) is 6. The number of thioether (sulfide) groups is 1. The van der Waals surface area contributed by atoms with Gasteiger partial charge in [-0.15, -0.1) is 0 Å². The molecule has 2 heterocycles. The van der Waals surface area contributed by atoms with Crippen molar-refractivity contribution in [3.05, 3.63) is 93.8 Å². The first-order valence-corrected chi connectivity index (χ1v) is 11.7. The van der Waals surface area contributed by atoms with Crippen LogP contribution in [0.2, 0.25) is 0 Å². The number of likely N-dealkylation sites (N-methyl/N-ethyl adjacent to an activating group) is 1. The van der Waals surface area contributed by atoms with Gasteiger partial charge in [-0.3, -0.25) is 14.5 Å². The summed E-state index contributed by atoms with van der Waals surface area (Å²) in [4.78, 5) is 39.8. The van der Waals surface area contributed by atoms with Crippen LogP contribution >= 0.6 is 11.8 Å². The molecule has 0 N–H and O–H groups in total. The van der Waals surface area contributed by atoms with Crippen LogP contribution < -0.4 is 4.90 Å². The summed E-state index contributed by atoms with van der Waals surface area (Å²) in [7, 11) is 0. The number of imide groups is 1. The molecule has 3 aromatic rings. The third-order valence-electron chi connectivity index (χ3n) is 5.34. The number of anilines is 1. The smallest absolute Gasteiger partial charge is 0.279 e. The molecule has 0 radical (unpaired) electrons. The third-order valence-corrected chi connectivity index (χ3v) is 6.28. The lowest BCUT2D eigenvalue weighted by Gasteiger charge is -2.25. The Bertz CT molecular complexity index is 1220. The maximum atomic E-state index is 13.7. The fourth-order valence-corrected chi connectivity index (χ4v) is 4.93. The minimum absolute atomic E-state index is 0.213. The van der Waals surface area contributed by atoms with Gasteiger partial charge in [0.1, 0.15) is 10.6 Å². The highest BCUT2D eigenvalue weighted by molar-refractivity contribution is 8.04. The van der Waals surface area contributed by atoms with Crippen molar-refractivity contribution in [2.45, 2.75) is 39.4 Å². The first kappa shape index (κ1) is 22.7. The quantitative estimate of drug-likeness (QED) is 0.374. The lowest BCUT2D eigenvalue weighted by Crippen LogP contribution is -2.34. The minimum Gasteiger partial charge on any atom is -0.336 e. The minimum atomic E-state index is -0.322. The van der Waals surface area contributed by atoms with Gasteiger partial charge in [0.25, 0.3) is 11.8 Å². The number of nitrogens with zero attached hydrogens (tertiary/aromatic N) is 4. The van der Waals surface area contributed by atoms with Crippen LogP contribution in [0.1, 0.15) is 29.4 Å². The molecular weight excluding hydrogens is 432 g/mol. The molecule has 0 saturated heterocycles. The van der Waals surface area contributed by atoms with Gasteiger partial charge in [-0.25, -0.2) is 9.97 Å². The molecule has 0 aliphatic carbocycles. The van der Waals surface area contributed by atoms with E-state index in [-0.39, 0.29) is 18.4 Å². The molecule has 33 heavy (non-hydrogen) atoms. The van der Waals surface area contributed by atoms with E-state index in [9.17, 15) is 9.59 Å². The summed E-state index contributed by atoms with van der Waals surface area (Å²) < 4.78 is 0. The molecule has 2 aromatic carbocycles. The average molecular weight is 459 g/mol. The number of rotatable bonds is 7. The Kier molecular flexibility index (Phi) is 6.60. The van der Waals surface area contributed by atoms with Crippen LogP contribution in [-0.4, -0.2) is 33.2 Å². The van der Waals surface area contributed by atoms with Crippen LogP contribution in [0.5, 0.6) is 0 Å². The van der Waals surface area contributed by atoms with Crippen LogP contribution in [0.15, 0.2) is 76.4 Å². The molecule has 2 amide bonds. The van der Waals surface area contributed by atoms with Crippen LogP contribution in [0, 0.1) is 20.8 Å². The van der Waals surface area contributed by atoms with Gasteiger partial charge in [0.2, 0.25) is 0 Å². The summed E-state index contributed by atoms with van der Waals surface area (Å²) in [6, 6.07) is 19.4. The van der Waals surface area contributed by atoms with Crippen LogP contribution in [0.4, 0.5) is 5.69 Å². The third kappa shape index (κ3) is 4.83. The van der Waals surface area contributed by atoms with Gasteiger partial charge in [-0.1, -0.05) is 42.5 Å². The summed E-state index contributed by atoms with van der Waals surface area (Å²) in [5, 5.41) is 0.461.